The van der Waals surface area contributed by atoms with E-state index in [0.29, 0.717) is 16.8 Å². The van der Waals surface area contributed by atoms with Crippen molar-refractivity contribution >= 4 is 5.91 Å². The first-order valence-corrected chi connectivity index (χ1v) is 7.67. The Morgan fingerprint density at radius 2 is 2.07 bits per heavy atom. The summed E-state index contributed by atoms with van der Waals surface area (Å²) in [4.78, 5) is 16.1. The Morgan fingerprint density at radius 1 is 1.22 bits per heavy atom. The molecule has 1 N–H and O–H groups in total. The van der Waals surface area contributed by atoms with Crippen molar-refractivity contribution in [1.82, 2.24) is 30.5 Å². The Balaban J connectivity index is 1.67. The van der Waals surface area contributed by atoms with E-state index in [0.717, 1.165) is 0 Å². The molecule has 0 saturated carbocycles. The van der Waals surface area contributed by atoms with Gasteiger partial charge in [-0.25, -0.2) is 9.67 Å². The van der Waals surface area contributed by atoms with Crippen LogP contribution in [-0.2, 0) is 6.54 Å². The number of nitrogens with zero attached hydrogens (tertiary/aromatic N) is 5. The van der Waals surface area contributed by atoms with E-state index in [2.05, 4.69) is 25.8 Å². The summed E-state index contributed by atoms with van der Waals surface area (Å²) in [5.74, 6) is -0.604. The van der Waals surface area contributed by atoms with Crippen LogP contribution in [0.3, 0.4) is 0 Å². The van der Waals surface area contributed by atoms with Crippen molar-refractivity contribution in [1.29, 1.82) is 0 Å². The Bertz CT molecular complexity index is 915. The number of halogens is 3. The maximum atomic E-state index is 12.4. The minimum absolute atomic E-state index is 0.0467. The highest BCUT2D eigenvalue weighted by atomic mass is 19.4. The number of tetrazole rings is 1. The molecule has 0 spiro atoms. The smallest absolute Gasteiger partial charge is 0.422 e. The van der Waals surface area contributed by atoms with E-state index < -0.39 is 18.7 Å². The van der Waals surface area contributed by atoms with Gasteiger partial charge in [-0.1, -0.05) is 12.1 Å². The molecule has 0 saturated heterocycles. The largest absolute Gasteiger partial charge is 0.468 e. The number of benzene rings is 1. The van der Waals surface area contributed by atoms with Crippen molar-refractivity contribution < 1.29 is 22.7 Å². The van der Waals surface area contributed by atoms with Gasteiger partial charge in [-0.05, 0) is 34.7 Å². The molecule has 2 aromatic heterocycles. The first kappa shape index (κ1) is 18.3. The molecule has 0 bridgehead atoms. The van der Waals surface area contributed by atoms with Crippen molar-refractivity contribution in [3.05, 3.63) is 60.0 Å². The van der Waals surface area contributed by atoms with Gasteiger partial charge in [0.15, 0.2) is 6.61 Å². The van der Waals surface area contributed by atoms with Crippen LogP contribution in [0.25, 0.3) is 5.69 Å². The van der Waals surface area contributed by atoms with Gasteiger partial charge in [-0.15, -0.1) is 5.10 Å². The standard InChI is InChI=1S/C16H13F3N6O2/c17-16(18,19)9-27-15-12(4-2-6-20-15)8-21-14(26)11-3-1-5-13(7-11)25-10-22-23-24-25/h1-7,10H,8-9H2,(H,21,26). The number of nitrogens with one attached hydrogen (secondary N) is 1. The fourth-order valence-corrected chi connectivity index (χ4v) is 2.19. The maximum absolute atomic E-state index is 12.4. The molecular formula is C16H13F3N6O2. The van der Waals surface area contributed by atoms with Gasteiger partial charge < -0.3 is 10.1 Å². The fourth-order valence-electron chi connectivity index (χ4n) is 2.19. The molecule has 3 aromatic rings. The molecule has 1 aromatic carbocycles. The zero-order valence-electron chi connectivity index (χ0n) is 13.7. The Morgan fingerprint density at radius 3 is 2.81 bits per heavy atom. The zero-order valence-corrected chi connectivity index (χ0v) is 13.7. The number of ether oxygens (including phenoxy) is 1. The average Bonchev–Trinajstić information content (AvgIpc) is 3.19. The number of rotatable bonds is 6. The molecule has 8 nitrogen and oxygen atoms in total. The monoisotopic (exact) mass is 378 g/mol. The van der Waals surface area contributed by atoms with E-state index in [1.165, 1.54) is 23.3 Å². The quantitative estimate of drug-likeness (QED) is 0.704. The van der Waals surface area contributed by atoms with E-state index in [1.54, 1.807) is 30.3 Å². The van der Waals surface area contributed by atoms with Gasteiger partial charge in [0.05, 0.1) is 5.69 Å². The molecule has 3 rings (SSSR count). The van der Waals surface area contributed by atoms with Crippen LogP contribution in [0.1, 0.15) is 15.9 Å². The fraction of sp³-hybridized carbons (Fsp3) is 0.188. The lowest BCUT2D eigenvalue weighted by atomic mass is 10.2. The lowest BCUT2D eigenvalue weighted by Crippen LogP contribution is -2.24. The van der Waals surface area contributed by atoms with Gasteiger partial charge in [0.1, 0.15) is 6.33 Å². The van der Waals surface area contributed by atoms with Crippen molar-refractivity contribution in [2.75, 3.05) is 6.61 Å². The van der Waals surface area contributed by atoms with Crippen LogP contribution < -0.4 is 10.1 Å². The zero-order chi connectivity index (χ0) is 19.3. The minimum atomic E-state index is -4.48. The lowest BCUT2D eigenvalue weighted by molar-refractivity contribution is -0.154. The normalized spacial score (nSPS) is 11.2. The second kappa shape index (κ2) is 7.81. The predicted molar refractivity (Wildman–Crippen MR) is 86.1 cm³/mol. The van der Waals surface area contributed by atoms with Crippen molar-refractivity contribution in [2.45, 2.75) is 12.7 Å². The molecule has 0 unspecified atom stereocenters. The number of alkyl halides is 3. The second-order valence-electron chi connectivity index (χ2n) is 5.36. The molecule has 140 valence electrons. The predicted octanol–water partition coefficient (Wildman–Crippen LogP) is 1.93. The van der Waals surface area contributed by atoms with Crippen molar-refractivity contribution in [3.8, 4) is 11.6 Å². The molecule has 11 heteroatoms. The molecule has 0 aliphatic heterocycles. The number of carbonyl (C=O) groups excluding carboxylic acids is 1. The molecule has 2 heterocycles. The van der Waals surface area contributed by atoms with Crippen LogP contribution in [0.2, 0.25) is 0 Å². The van der Waals surface area contributed by atoms with Crippen LogP contribution in [0.5, 0.6) is 5.88 Å². The summed E-state index contributed by atoms with van der Waals surface area (Å²) in [7, 11) is 0. The minimum Gasteiger partial charge on any atom is -0.468 e. The molecule has 0 aliphatic rings. The highest BCUT2D eigenvalue weighted by molar-refractivity contribution is 5.94. The second-order valence-corrected chi connectivity index (χ2v) is 5.36. The van der Waals surface area contributed by atoms with E-state index in [4.69, 9.17) is 4.74 Å². The Labute approximate surface area is 151 Å². The summed E-state index contributed by atoms with van der Waals surface area (Å²) < 4.78 is 43.1. The van der Waals surface area contributed by atoms with Crippen LogP contribution in [0, 0.1) is 0 Å². The summed E-state index contributed by atoms with van der Waals surface area (Å²) in [6, 6.07) is 9.62. The topological polar surface area (TPSA) is 94.8 Å². The summed E-state index contributed by atoms with van der Waals surface area (Å²) in [5.41, 5.74) is 1.25. The van der Waals surface area contributed by atoms with Gasteiger partial charge in [0.25, 0.3) is 5.91 Å². The number of hydrogen-bond donors (Lipinski definition) is 1. The van der Waals surface area contributed by atoms with Crippen LogP contribution in [0.15, 0.2) is 48.9 Å². The van der Waals surface area contributed by atoms with Crippen molar-refractivity contribution in [2.24, 2.45) is 0 Å². The Kier molecular flexibility index (Phi) is 5.29. The molecule has 0 atom stereocenters. The average molecular weight is 378 g/mol. The number of hydrogen-bond acceptors (Lipinski definition) is 6. The number of aromatic nitrogens is 5. The lowest BCUT2D eigenvalue weighted by Gasteiger charge is -2.12. The molecule has 1 amide bonds. The first-order valence-electron chi connectivity index (χ1n) is 7.67. The van der Waals surface area contributed by atoms with E-state index in [1.807, 2.05) is 0 Å². The van der Waals surface area contributed by atoms with E-state index in [-0.39, 0.29) is 12.4 Å². The molecule has 0 fully saturated rings. The van der Waals surface area contributed by atoms with Crippen LogP contribution in [0.4, 0.5) is 13.2 Å². The van der Waals surface area contributed by atoms with Gasteiger partial charge in [0, 0.05) is 23.9 Å². The molecule has 0 radical (unpaired) electrons. The summed E-state index contributed by atoms with van der Waals surface area (Å²) in [6.45, 7) is -1.51. The summed E-state index contributed by atoms with van der Waals surface area (Å²) in [5, 5.41) is 13.4. The first-order chi connectivity index (χ1) is 12.9. The van der Waals surface area contributed by atoms with E-state index >= 15 is 0 Å². The Hall–Kier alpha value is -3.50. The molecular weight excluding hydrogens is 365 g/mol. The van der Waals surface area contributed by atoms with E-state index in [9.17, 15) is 18.0 Å². The van der Waals surface area contributed by atoms with Gasteiger partial charge in [-0.3, -0.25) is 4.79 Å². The number of carbonyl (C=O) groups is 1. The van der Waals surface area contributed by atoms with Gasteiger partial charge in [-0.2, -0.15) is 13.2 Å². The number of amides is 1. The highest BCUT2D eigenvalue weighted by Crippen LogP contribution is 2.20. The van der Waals surface area contributed by atoms with Gasteiger partial charge >= 0.3 is 6.18 Å². The summed E-state index contributed by atoms with van der Waals surface area (Å²) in [6.07, 6.45) is -1.78. The summed E-state index contributed by atoms with van der Waals surface area (Å²) >= 11 is 0. The maximum Gasteiger partial charge on any atom is 0.422 e. The SMILES string of the molecule is O=C(NCc1cccnc1OCC(F)(F)F)c1cccc(-n2cnnn2)c1. The number of pyridine rings is 1. The highest BCUT2D eigenvalue weighted by Gasteiger charge is 2.29. The van der Waals surface area contributed by atoms with Crippen LogP contribution in [-0.4, -0.2) is 43.9 Å². The van der Waals surface area contributed by atoms with Gasteiger partial charge in [0.2, 0.25) is 5.88 Å². The third-order valence-electron chi connectivity index (χ3n) is 3.38. The molecule has 0 aliphatic carbocycles. The third kappa shape index (κ3) is 5.00. The van der Waals surface area contributed by atoms with Crippen molar-refractivity contribution in [3.63, 3.8) is 0 Å². The van der Waals surface area contributed by atoms with Crippen LogP contribution >= 0.6 is 0 Å². The molecule has 27 heavy (non-hydrogen) atoms. The third-order valence-corrected chi connectivity index (χ3v) is 3.38.